The molecule has 2 rings (SSSR count). The second-order valence-corrected chi connectivity index (χ2v) is 10.3. The van der Waals surface area contributed by atoms with Crippen molar-refractivity contribution in [2.24, 2.45) is 5.92 Å². The molecule has 6 nitrogen and oxygen atoms in total. The van der Waals surface area contributed by atoms with Crippen LogP contribution in [0, 0.1) is 5.92 Å². The van der Waals surface area contributed by atoms with Gasteiger partial charge in [-0.1, -0.05) is 81.5 Å². The zero-order chi connectivity index (χ0) is 27.0. The molecule has 36 heavy (non-hydrogen) atoms. The zero-order valence-corrected chi connectivity index (χ0v) is 22.6. The van der Waals surface area contributed by atoms with Crippen molar-refractivity contribution in [3.05, 3.63) is 72.4 Å². The van der Waals surface area contributed by atoms with Gasteiger partial charge in [0.15, 0.2) is 5.60 Å². The van der Waals surface area contributed by atoms with Gasteiger partial charge in [0.1, 0.15) is 0 Å². The maximum Gasteiger partial charge on any atom is 0.335 e. The minimum absolute atomic E-state index is 0.0882. The number of nitrogens with zero attached hydrogens (tertiary/aromatic N) is 1. The molecule has 0 saturated carbocycles. The first-order valence-electron chi connectivity index (χ1n) is 13.0. The standard InChI is InChI=1S/C26H38N2O.C4H8O3/c1-4-5-6-11-16-24(21-28-17-12-8-13-18-28)25(19-22(2)3)27-26(29)20-23-14-9-7-10-15-23;1-4(2,7)3(5)6/h4-7,9-10,14-16,22,25H,1,8,11-13,17-21H2,2-3H3,(H,27,29);7H,1-2H3,(H,5,6)/b6-5-,24-16+;. The lowest BCUT2D eigenvalue weighted by atomic mass is 9.94. The number of amides is 1. The number of benzene rings is 1. The first-order chi connectivity index (χ1) is 17.0. The molecule has 1 aromatic rings. The van der Waals surface area contributed by atoms with Crippen LogP contribution in [0.1, 0.15) is 65.4 Å². The molecule has 0 spiro atoms. The minimum atomic E-state index is -1.58. The van der Waals surface area contributed by atoms with E-state index >= 15 is 0 Å². The van der Waals surface area contributed by atoms with Gasteiger partial charge in [0, 0.05) is 6.54 Å². The first kappa shape index (κ1) is 31.3. The fourth-order valence-electron chi connectivity index (χ4n) is 3.89. The largest absolute Gasteiger partial charge is 0.479 e. The molecule has 0 aliphatic carbocycles. The molecule has 1 heterocycles. The SMILES string of the molecule is C=C/C=C\C/C=C(\CN1CCCCC1)C(CC(C)C)NC(=O)Cc1ccccc1.CC(C)(O)C(=O)O. The van der Waals surface area contributed by atoms with Gasteiger partial charge in [0.05, 0.1) is 12.5 Å². The lowest BCUT2D eigenvalue weighted by molar-refractivity contribution is -0.154. The molecule has 1 aromatic carbocycles. The summed E-state index contributed by atoms with van der Waals surface area (Å²) >= 11 is 0. The zero-order valence-electron chi connectivity index (χ0n) is 22.6. The summed E-state index contributed by atoms with van der Waals surface area (Å²) in [5, 5.41) is 19.8. The van der Waals surface area contributed by atoms with Crippen LogP contribution in [0.2, 0.25) is 0 Å². The Morgan fingerprint density at radius 1 is 1.14 bits per heavy atom. The third kappa shape index (κ3) is 14.0. The molecule has 1 amide bonds. The Hall–Kier alpha value is -2.70. The third-order valence-electron chi connectivity index (χ3n) is 5.86. The van der Waals surface area contributed by atoms with Gasteiger partial charge in [0.25, 0.3) is 0 Å². The van der Waals surface area contributed by atoms with Gasteiger partial charge in [-0.05, 0) is 69.7 Å². The van der Waals surface area contributed by atoms with Crippen molar-refractivity contribution in [1.82, 2.24) is 10.2 Å². The van der Waals surface area contributed by atoms with E-state index in [-0.39, 0.29) is 11.9 Å². The Balaban J connectivity index is 0.000000809. The molecule has 0 radical (unpaired) electrons. The van der Waals surface area contributed by atoms with E-state index in [2.05, 4.69) is 42.8 Å². The van der Waals surface area contributed by atoms with Crippen LogP contribution in [0.25, 0.3) is 0 Å². The summed E-state index contributed by atoms with van der Waals surface area (Å²) in [4.78, 5) is 25.1. The maximum absolute atomic E-state index is 12.8. The highest BCUT2D eigenvalue weighted by molar-refractivity contribution is 5.79. The summed E-state index contributed by atoms with van der Waals surface area (Å²) in [6.45, 7) is 13.9. The lowest BCUT2D eigenvalue weighted by Crippen LogP contribution is -2.42. The molecule has 3 N–H and O–H groups in total. The molecule has 6 heteroatoms. The number of allylic oxidation sites excluding steroid dienone is 4. The van der Waals surface area contributed by atoms with Crippen LogP contribution in [0.4, 0.5) is 0 Å². The molecular weight excluding hydrogens is 452 g/mol. The molecule has 1 saturated heterocycles. The number of carbonyl (C=O) groups is 2. The summed E-state index contributed by atoms with van der Waals surface area (Å²) in [7, 11) is 0. The van der Waals surface area contributed by atoms with Crippen molar-refractivity contribution in [1.29, 1.82) is 0 Å². The number of aliphatic carboxylic acids is 1. The molecular formula is C30H46N2O4. The Bertz CT molecular complexity index is 847. The van der Waals surface area contributed by atoms with E-state index in [0.29, 0.717) is 12.3 Å². The number of carbonyl (C=O) groups excluding carboxylic acids is 1. The van der Waals surface area contributed by atoms with E-state index in [9.17, 15) is 9.59 Å². The number of hydrogen-bond acceptors (Lipinski definition) is 4. The quantitative estimate of drug-likeness (QED) is 0.274. The number of hydrogen-bond donors (Lipinski definition) is 3. The Morgan fingerprint density at radius 2 is 1.75 bits per heavy atom. The van der Waals surface area contributed by atoms with Gasteiger partial charge >= 0.3 is 5.97 Å². The summed E-state index contributed by atoms with van der Waals surface area (Å²) < 4.78 is 0. The lowest BCUT2D eigenvalue weighted by Gasteiger charge is -2.31. The highest BCUT2D eigenvalue weighted by Crippen LogP contribution is 2.18. The fourth-order valence-corrected chi connectivity index (χ4v) is 3.89. The van der Waals surface area contributed by atoms with Gasteiger partial charge in [-0.15, -0.1) is 0 Å². The first-order valence-corrected chi connectivity index (χ1v) is 13.0. The van der Waals surface area contributed by atoms with E-state index in [0.717, 1.165) is 38.0 Å². The average molecular weight is 499 g/mol. The van der Waals surface area contributed by atoms with Crippen LogP contribution in [-0.2, 0) is 16.0 Å². The van der Waals surface area contributed by atoms with Crippen molar-refractivity contribution in [3.63, 3.8) is 0 Å². The number of piperidine rings is 1. The normalized spacial score (nSPS) is 15.8. The van der Waals surface area contributed by atoms with Gasteiger partial charge < -0.3 is 15.5 Å². The number of rotatable bonds is 12. The second kappa shape index (κ2) is 16.9. The molecule has 1 aliphatic rings. The Morgan fingerprint density at radius 3 is 2.28 bits per heavy atom. The number of aliphatic hydroxyl groups is 1. The van der Waals surface area contributed by atoms with E-state index in [1.165, 1.54) is 38.7 Å². The van der Waals surface area contributed by atoms with Crippen LogP contribution >= 0.6 is 0 Å². The Kier molecular flexibility index (Phi) is 14.7. The maximum atomic E-state index is 12.8. The summed E-state index contributed by atoms with van der Waals surface area (Å²) in [6, 6.07) is 10.1. The van der Waals surface area contributed by atoms with Crippen LogP contribution in [0.5, 0.6) is 0 Å². The van der Waals surface area contributed by atoms with Crippen molar-refractivity contribution in [2.75, 3.05) is 19.6 Å². The second-order valence-electron chi connectivity index (χ2n) is 10.3. The molecule has 1 unspecified atom stereocenters. The predicted octanol–water partition coefficient (Wildman–Crippen LogP) is 5.15. The molecule has 200 valence electrons. The molecule has 1 aliphatic heterocycles. The van der Waals surface area contributed by atoms with E-state index in [1.54, 1.807) is 0 Å². The number of carboxylic acids is 1. The van der Waals surface area contributed by atoms with E-state index < -0.39 is 11.6 Å². The number of nitrogens with one attached hydrogen (secondary N) is 1. The van der Waals surface area contributed by atoms with Crippen molar-refractivity contribution in [3.8, 4) is 0 Å². The molecule has 1 atom stereocenters. The smallest absolute Gasteiger partial charge is 0.335 e. The van der Waals surface area contributed by atoms with Crippen molar-refractivity contribution in [2.45, 2.75) is 77.9 Å². The number of likely N-dealkylation sites (tertiary alicyclic amines) is 1. The summed E-state index contributed by atoms with van der Waals surface area (Å²) in [6.07, 6.45) is 14.4. The highest BCUT2D eigenvalue weighted by atomic mass is 16.4. The molecule has 0 bridgehead atoms. The monoisotopic (exact) mass is 498 g/mol. The molecule has 0 aromatic heterocycles. The van der Waals surface area contributed by atoms with Crippen LogP contribution < -0.4 is 5.32 Å². The number of carboxylic acid groups (broad SMARTS) is 1. The van der Waals surface area contributed by atoms with Crippen molar-refractivity contribution >= 4 is 11.9 Å². The summed E-state index contributed by atoms with van der Waals surface area (Å²) in [5.74, 6) is -0.578. The average Bonchev–Trinajstić information content (AvgIpc) is 2.81. The van der Waals surface area contributed by atoms with Gasteiger partial charge in [0.2, 0.25) is 5.91 Å². The predicted molar refractivity (Wildman–Crippen MR) is 148 cm³/mol. The topological polar surface area (TPSA) is 89.9 Å². The van der Waals surface area contributed by atoms with Gasteiger partial charge in [-0.2, -0.15) is 0 Å². The summed E-state index contributed by atoms with van der Waals surface area (Å²) in [5.41, 5.74) is 0.819. The fraction of sp³-hybridized carbons (Fsp3) is 0.533. The van der Waals surface area contributed by atoms with E-state index in [1.807, 2.05) is 42.5 Å². The van der Waals surface area contributed by atoms with Crippen LogP contribution in [-0.4, -0.2) is 58.3 Å². The van der Waals surface area contributed by atoms with Crippen LogP contribution in [0.15, 0.2) is 66.8 Å². The van der Waals surface area contributed by atoms with Crippen molar-refractivity contribution < 1.29 is 19.8 Å². The third-order valence-corrected chi connectivity index (χ3v) is 5.86. The molecule has 1 fully saturated rings. The highest BCUT2D eigenvalue weighted by Gasteiger charge is 2.22. The van der Waals surface area contributed by atoms with Gasteiger partial charge in [-0.3, -0.25) is 9.69 Å². The van der Waals surface area contributed by atoms with E-state index in [4.69, 9.17) is 10.2 Å². The Labute approximate surface area is 217 Å². The van der Waals surface area contributed by atoms with Gasteiger partial charge in [-0.25, -0.2) is 4.79 Å². The minimum Gasteiger partial charge on any atom is -0.479 e. The van der Waals surface area contributed by atoms with Crippen LogP contribution in [0.3, 0.4) is 0 Å².